The Morgan fingerprint density at radius 3 is 2.27 bits per heavy atom. The van der Waals surface area contributed by atoms with Crippen LogP contribution in [0.5, 0.6) is 5.75 Å². The van der Waals surface area contributed by atoms with Gasteiger partial charge in [-0.05, 0) is 61.6 Å². The number of carboxylic acids is 1. The van der Waals surface area contributed by atoms with Crippen molar-refractivity contribution >= 4 is 29.4 Å². The zero-order valence-electron chi connectivity index (χ0n) is 28.8. The summed E-state index contributed by atoms with van der Waals surface area (Å²) >= 11 is 0. The largest absolute Gasteiger partial charge is 0.507 e. The van der Waals surface area contributed by atoms with E-state index < -0.39 is 12.1 Å². The van der Waals surface area contributed by atoms with Crippen LogP contribution in [0.4, 0.5) is 5.69 Å². The number of nitrogens with one attached hydrogen (secondary N) is 3. The number of phenols is 1. The van der Waals surface area contributed by atoms with E-state index >= 15 is 0 Å². The van der Waals surface area contributed by atoms with Gasteiger partial charge in [0.2, 0.25) is 5.91 Å². The number of H-pyrrole nitrogens is 1. The number of aromatic nitrogens is 2. The third kappa shape index (κ3) is 9.37. The highest BCUT2D eigenvalue weighted by molar-refractivity contribution is 6.00. The fourth-order valence-corrected chi connectivity index (χ4v) is 5.79. The highest BCUT2D eigenvalue weighted by Crippen LogP contribution is 2.37. The molecule has 0 spiro atoms. The first kappa shape index (κ1) is 36.3. The number of hydrogen-bond donors (Lipinski definition) is 6. The summed E-state index contributed by atoms with van der Waals surface area (Å²) in [6, 6.07) is 30.4. The number of rotatable bonds is 16. The molecule has 262 valence electrons. The number of aliphatic hydroxyl groups excluding tert-OH is 1. The zero-order chi connectivity index (χ0) is 36.3. The normalized spacial score (nSPS) is 11.7. The molecule has 10 nitrogen and oxygen atoms in total. The van der Waals surface area contributed by atoms with Crippen LogP contribution in [0, 0.1) is 5.41 Å². The molecular weight excluding hydrogens is 642 g/mol. The number of aliphatic hydroxyl groups is 1. The van der Waals surface area contributed by atoms with E-state index in [-0.39, 0.29) is 23.8 Å². The molecule has 51 heavy (non-hydrogen) atoms. The summed E-state index contributed by atoms with van der Waals surface area (Å²) in [6.07, 6.45) is 3.07. The third-order valence-corrected chi connectivity index (χ3v) is 8.67. The lowest BCUT2D eigenvalue weighted by Gasteiger charge is -2.21. The molecule has 4 aromatic carbocycles. The Morgan fingerprint density at radius 2 is 1.63 bits per heavy atom. The Kier molecular flexibility index (Phi) is 12.2. The van der Waals surface area contributed by atoms with Crippen LogP contribution in [0.3, 0.4) is 0 Å². The van der Waals surface area contributed by atoms with Gasteiger partial charge in [-0.3, -0.25) is 4.79 Å². The van der Waals surface area contributed by atoms with Crippen molar-refractivity contribution in [3.05, 3.63) is 120 Å². The van der Waals surface area contributed by atoms with Crippen molar-refractivity contribution in [2.24, 2.45) is 0 Å². The quantitative estimate of drug-likeness (QED) is 0.0373. The number of aryl methyl sites for hydroxylation is 1. The monoisotopic (exact) mass is 685 g/mol. The van der Waals surface area contributed by atoms with Crippen LogP contribution in [0.15, 0.2) is 103 Å². The molecule has 0 saturated carbocycles. The molecule has 1 aromatic heterocycles. The number of nitrogens with zero attached hydrogens (tertiary/aromatic N) is 2. The first-order valence-corrected chi connectivity index (χ1v) is 17.0. The molecule has 6 N–H and O–H groups in total. The van der Waals surface area contributed by atoms with Crippen LogP contribution in [0.25, 0.3) is 40.0 Å². The van der Waals surface area contributed by atoms with Gasteiger partial charge in [0.1, 0.15) is 11.6 Å². The number of aromatic hydroxyl groups is 1. The summed E-state index contributed by atoms with van der Waals surface area (Å²) in [5.41, 5.74) is 6.88. The van der Waals surface area contributed by atoms with E-state index in [1.54, 1.807) is 36.4 Å². The molecule has 0 aliphatic rings. The van der Waals surface area contributed by atoms with E-state index in [1.807, 2.05) is 54.6 Å². The average Bonchev–Trinajstić information content (AvgIpc) is 3.59. The van der Waals surface area contributed by atoms with Crippen LogP contribution in [-0.4, -0.2) is 68.6 Å². The topological polar surface area (TPSA) is 163 Å². The van der Waals surface area contributed by atoms with Crippen molar-refractivity contribution in [3.8, 4) is 39.7 Å². The minimum absolute atomic E-state index is 0.00196. The molecule has 0 aliphatic heterocycles. The lowest BCUT2D eigenvalue weighted by Crippen LogP contribution is -2.23. The van der Waals surface area contributed by atoms with E-state index in [9.17, 15) is 19.8 Å². The minimum Gasteiger partial charge on any atom is -0.507 e. The maximum absolute atomic E-state index is 12.4. The van der Waals surface area contributed by atoms with Crippen LogP contribution < -0.4 is 10.2 Å². The standard InChI is InChI=1S/C41H43N5O5/c1-3-46(4-2)32-21-22-33(35(47)25-32)40-44-38(39(45-40)31-19-17-29(18-20-31)34(42)26-36(48)41(50)51)30-15-12-28(13-16-30)14-23-37(49)43-24-8-11-27-9-6-5-7-10-27/h5-7,9-10,12-23,25,36,42,47-48H,3-4,8,11,24,26H2,1-2H3,(H,43,49)(H,44,45)(H,50,51)/b23-14+,42-34?. The number of carbonyl (C=O) groups excluding carboxylic acids is 1. The average molecular weight is 686 g/mol. The maximum atomic E-state index is 12.4. The van der Waals surface area contributed by atoms with Crippen molar-refractivity contribution in [1.29, 1.82) is 5.41 Å². The number of carbonyl (C=O) groups is 2. The van der Waals surface area contributed by atoms with Gasteiger partial charge in [0, 0.05) is 60.7 Å². The summed E-state index contributed by atoms with van der Waals surface area (Å²) < 4.78 is 0. The molecule has 10 heteroatoms. The van der Waals surface area contributed by atoms with Gasteiger partial charge in [-0.1, -0.05) is 78.9 Å². The van der Waals surface area contributed by atoms with Gasteiger partial charge >= 0.3 is 5.97 Å². The van der Waals surface area contributed by atoms with Gasteiger partial charge in [0.05, 0.1) is 17.0 Å². The first-order chi connectivity index (χ1) is 24.7. The number of amides is 1. The summed E-state index contributed by atoms with van der Waals surface area (Å²) in [6.45, 7) is 6.31. The van der Waals surface area contributed by atoms with Crippen molar-refractivity contribution in [2.75, 3.05) is 24.5 Å². The lowest BCUT2D eigenvalue weighted by molar-refractivity contribution is -0.146. The van der Waals surface area contributed by atoms with Crippen LogP contribution >= 0.6 is 0 Å². The summed E-state index contributed by atoms with van der Waals surface area (Å²) in [4.78, 5) is 34.0. The third-order valence-electron chi connectivity index (χ3n) is 8.67. The summed E-state index contributed by atoms with van der Waals surface area (Å²) in [7, 11) is 0. The van der Waals surface area contributed by atoms with Crippen molar-refractivity contribution in [3.63, 3.8) is 0 Å². The number of anilines is 1. The van der Waals surface area contributed by atoms with Gasteiger partial charge < -0.3 is 35.9 Å². The Morgan fingerprint density at radius 1 is 0.941 bits per heavy atom. The van der Waals surface area contributed by atoms with Crippen LogP contribution in [0.2, 0.25) is 0 Å². The Labute approximate surface area is 297 Å². The number of aromatic amines is 1. The second-order valence-electron chi connectivity index (χ2n) is 12.1. The molecule has 1 unspecified atom stereocenters. The first-order valence-electron chi connectivity index (χ1n) is 17.0. The van der Waals surface area contributed by atoms with E-state index in [0.717, 1.165) is 48.3 Å². The molecule has 1 amide bonds. The van der Waals surface area contributed by atoms with Gasteiger partial charge in [-0.15, -0.1) is 0 Å². The Hall–Kier alpha value is -6.00. The van der Waals surface area contributed by atoms with Crippen molar-refractivity contribution < 1.29 is 24.9 Å². The van der Waals surface area contributed by atoms with E-state index in [1.165, 1.54) is 11.6 Å². The van der Waals surface area contributed by atoms with E-state index in [0.29, 0.717) is 34.9 Å². The van der Waals surface area contributed by atoms with Gasteiger partial charge in [0.25, 0.3) is 0 Å². The molecule has 5 rings (SSSR count). The molecule has 5 aromatic rings. The van der Waals surface area contributed by atoms with Gasteiger partial charge in [-0.2, -0.15) is 0 Å². The molecule has 0 bridgehead atoms. The zero-order valence-corrected chi connectivity index (χ0v) is 28.8. The molecule has 1 heterocycles. The minimum atomic E-state index is -1.66. The molecule has 0 radical (unpaired) electrons. The summed E-state index contributed by atoms with van der Waals surface area (Å²) in [5, 5.41) is 41.0. The van der Waals surface area contributed by atoms with Crippen LogP contribution in [-0.2, 0) is 16.0 Å². The number of imidazole rings is 1. The molecule has 1 atom stereocenters. The van der Waals surface area contributed by atoms with Gasteiger partial charge in [-0.25, -0.2) is 9.78 Å². The van der Waals surface area contributed by atoms with Crippen molar-refractivity contribution in [1.82, 2.24) is 15.3 Å². The smallest absolute Gasteiger partial charge is 0.332 e. The van der Waals surface area contributed by atoms with E-state index in [4.69, 9.17) is 15.5 Å². The number of carboxylic acid groups (broad SMARTS) is 1. The molecular formula is C41H43N5O5. The second-order valence-corrected chi connectivity index (χ2v) is 12.1. The number of benzene rings is 4. The second kappa shape index (κ2) is 17.1. The Bertz CT molecular complexity index is 1980. The predicted molar refractivity (Wildman–Crippen MR) is 202 cm³/mol. The molecule has 0 saturated heterocycles. The summed E-state index contributed by atoms with van der Waals surface area (Å²) in [5.74, 6) is -0.977. The SMILES string of the molecule is CCN(CC)c1ccc(-c2nc(-c3ccc(C(=N)CC(O)C(=O)O)cc3)c(-c3ccc(/C=C/C(=O)NCCCc4ccccc4)cc3)[nH]2)c(O)c1. The highest BCUT2D eigenvalue weighted by Gasteiger charge is 2.20. The van der Waals surface area contributed by atoms with Crippen LogP contribution in [0.1, 0.15) is 43.4 Å². The maximum Gasteiger partial charge on any atom is 0.332 e. The highest BCUT2D eigenvalue weighted by atomic mass is 16.4. The van der Waals surface area contributed by atoms with E-state index in [2.05, 4.69) is 41.2 Å². The fraction of sp³-hybridized carbons (Fsp3) is 0.220. The number of aliphatic carboxylic acids is 1. The van der Waals surface area contributed by atoms with Crippen molar-refractivity contribution in [2.45, 2.75) is 39.2 Å². The number of hydrogen-bond acceptors (Lipinski definition) is 7. The molecule has 0 aliphatic carbocycles. The lowest BCUT2D eigenvalue weighted by atomic mass is 9.99. The Balaban J connectivity index is 1.38. The predicted octanol–water partition coefficient (Wildman–Crippen LogP) is 6.93. The number of phenolic OH excluding ortho intramolecular Hbond substituents is 1. The van der Waals surface area contributed by atoms with Gasteiger partial charge in [0.15, 0.2) is 6.10 Å². The fourth-order valence-electron chi connectivity index (χ4n) is 5.79. The molecule has 0 fully saturated rings.